The van der Waals surface area contributed by atoms with Gasteiger partial charge in [0.1, 0.15) is 10.7 Å². The van der Waals surface area contributed by atoms with Crippen LogP contribution in [0.2, 0.25) is 5.15 Å². The molecule has 6 heteroatoms. The number of aromatic nitrogens is 2. The molecule has 0 aliphatic carbocycles. The highest BCUT2D eigenvalue weighted by atomic mass is 35.5. The molecule has 0 saturated heterocycles. The Morgan fingerprint density at radius 1 is 1.59 bits per heavy atom. The second-order valence-corrected chi connectivity index (χ2v) is 5.13. The molecule has 0 fully saturated rings. The number of carbonyl (C=O) groups is 1. The Bertz CT molecular complexity index is 399. The number of carbonyl (C=O) groups excluding carboxylic acids is 1. The highest BCUT2D eigenvalue weighted by molar-refractivity contribution is 7.99. The Labute approximate surface area is 110 Å². The van der Waals surface area contributed by atoms with Gasteiger partial charge in [-0.05, 0) is 12.8 Å². The van der Waals surface area contributed by atoms with Gasteiger partial charge in [0, 0.05) is 11.9 Å². The highest BCUT2D eigenvalue weighted by Crippen LogP contribution is 2.20. The molecule has 94 valence electrons. The molecule has 0 aliphatic heterocycles. The summed E-state index contributed by atoms with van der Waals surface area (Å²) in [5.41, 5.74) is 0.211. The molecule has 0 N–H and O–H groups in total. The van der Waals surface area contributed by atoms with Crippen molar-refractivity contribution in [3.8, 4) is 0 Å². The highest BCUT2D eigenvalue weighted by Gasteiger charge is 2.14. The van der Waals surface area contributed by atoms with Crippen LogP contribution in [-0.2, 0) is 4.74 Å². The smallest absolute Gasteiger partial charge is 0.342 e. The first-order chi connectivity index (χ1) is 8.04. The molecule has 1 aromatic rings. The number of hydrogen-bond donors (Lipinski definition) is 0. The average Bonchev–Trinajstić information content (AvgIpc) is 2.26. The number of nitrogens with zero attached hydrogens (tertiary/aromatic N) is 2. The van der Waals surface area contributed by atoms with Crippen LogP contribution in [0.15, 0.2) is 11.4 Å². The minimum atomic E-state index is -0.488. The van der Waals surface area contributed by atoms with Crippen LogP contribution in [0.1, 0.15) is 31.1 Å². The normalized spacial score (nSPS) is 10.6. The lowest BCUT2D eigenvalue weighted by atomic mass is 10.3. The summed E-state index contributed by atoms with van der Waals surface area (Å²) in [6.45, 7) is 6.27. The molecular formula is C11H15ClN2O2S. The van der Waals surface area contributed by atoms with Gasteiger partial charge in [0.05, 0.1) is 6.61 Å². The quantitative estimate of drug-likeness (QED) is 0.357. The summed E-state index contributed by atoms with van der Waals surface area (Å²) in [5, 5.41) is 0.724. The Kier molecular flexibility index (Phi) is 5.71. The van der Waals surface area contributed by atoms with Crippen LogP contribution >= 0.6 is 23.4 Å². The summed E-state index contributed by atoms with van der Waals surface area (Å²) >= 11 is 7.43. The van der Waals surface area contributed by atoms with Crippen LogP contribution < -0.4 is 0 Å². The minimum Gasteiger partial charge on any atom is -0.462 e. The molecule has 1 rings (SSSR count). The van der Waals surface area contributed by atoms with E-state index >= 15 is 0 Å². The fourth-order valence-electron chi connectivity index (χ4n) is 1.00. The van der Waals surface area contributed by atoms with Crippen molar-refractivity contribution in [1.29, 1.82) is 0 Å². The Balaban J connectivity index is 2.75. The lowest BCUT2D eigenvalue weighted by Crippen LogP contribution is -2.07. The maximum Gasteiger partial charge on any atom is 0.342 e. The number of halogens is 1. The zero-order valence-electron chi connectivity index (χ0n) is 10.1. The van der Waals surface area contributed by atoms with Crippen molar-refractivity contribution >= 4 is 29.3 Å². The SMILES string of the molecule is CCOC(=O)c1cnc(SCC(C)C)nc1Cl. The molecule has 0 aliphatic rings. The summed E-state index contributed by atoms with van der Waals surface area (Å²) in [5.74, 6) is 0.972. The second-order valence-electron chi connectivity index (χ2n) is 3.78. The maximum absolute atomic E-state index is 11.4. The summed E-state index contributed by atoms with van der Waals surface area (Å²) < 4.78 is 4.84. The van der Waals surface area contributed by atoms with E-state index in [-0.39, 0.29) is 10.7 Å². The van der Waals surface area contributed by atoms with Gasteiger partial charge in [0.15, 0.2) is 5.16 Å². The van der Waals surface area contributed by atoms with E-state index in [1.165, 1.54) is 18.0 Å². The van der Waals surface area contributed by atoms with Gasteiger partial charge in [-0.15, -0.1) is 0 Å². The average molecular weight is 275 g/mol. The van der Waals surface area contributed by atoms with Crippen molar-refractivity contribution in [2.75, 3.05) is 12.4 Å². The van der Waals surface area contributed by atoms with E-state index in [4.69, 9.17) is 16.3 Å². The van der Waals surface area contributed by atoms with Crippen LogP contribution in [0.5, 0.6) is 0 Å². The summed E-state index contributed by atoms with van der Waals surface area (Å²) in [6.07, 6.45) is 1.41. The first-order valence-corrected chi connectivity index (χ1v) is 6.73. The number of ether oxygens (including phenoxy) is 1. The van der Waals surface area contributed by atoms with Crippen molar-refractivity contribution in [3.05, 3.63) is 16.9 Å². The van der Waals surface area contributed by atoms with E-state index in [0.717, 1.165) is 5.75 Å². The first kappa shape index (κ1) is 14.3. The van der Waals surface area contributed by atoms with Gasteiger partial charge in [-0.25, -0.2) is 14.8 Å². The van der Waals surface area contributed by atoms with E-state index in [2.05, 4.69) is 23.8 Å². The molecule has 1 heterocycles. The number of hydrogen-bond acceptors (Lipinski definition) is 5. The molecule has 1 aromatic heterocycles. The molecule has 4 nitrogen and oxygen atoms in total. The number of rotatable bonds is 5. The van der Waals surface area contributed by atoms with E-state index < -0.39 is 5.97 Å². The van der Waals surface area contributed by atoms with Gasteiger partial charge in [-0.2, -0.15) is 0 Å². The van der Waals surface area contributed by atoms with Crippen LogP contribution in [0.3, 0.4) is 0 Å². The fraction of sp³-hybridized carbons (Fsp3) is 0.545. The molecule has 17 heavy (non-hydrogen) atoms. The molecule has 0 radical (unpaired) electrons. The van der Waals surface area contributed by atoms with Crippen molar-refractivity contribution in [1.82, 2.24) is 9.97 Å². The van der Waals surface area contributed by atoms with Crippen molar-refractivity contribution in [2.45, 2.75) is 25.9 Å². The third-order valence-electron chi connectivity index (χ3n) is 1.76. The lowest BCUT2D eigenvalue weighted by Gasteiger charge is -2.06. The molecule has 0 amide bonds. The summed E-state index contributed by atoms with van der Waals surface area (Å²) in [4.78, 5) is 19.6. The Morgan fingerprint density at radius 3 is 2.82 bits per heavy atom. The monoisotopic (exact) mass is 274 g/mol. The standard InChI is InChI=1S/C11H15ClN2O2S/c1-4-16-10(15)8-5-13-11(14-9(8)12)17-6-7(2)3/h5,7H,4,6H2,1-3H3. The van der Waals surface area contributed by atoms with Gasteiger partial charge in [-0.1, -0.05) is 37.2 Å². The molecule has 0 aromatic carbocycles. The minimum absolute atomic E-state index is 0.143. The van der Waals surface area contributed by atoms with Gasteiger partial charge in [0.25, 0.3) is 0 Å². The third kappa shape index (κ3) is 4.52. The van der Waals surface area contributed by atoms with Gasteiger partial charge >= 0.3 is 5.97 Å². The van der Waals surface area contributed by atoms with Crippen molar-refractivity contribution in [2.24, 2.45) is 5.92 Å². The Morgan fingerprint density at radius 2 is 2.29 bits per heavy atom. The summed E-state index contributed by atoms with van der Waals surface area (Å²) in [6, 6.07) is 0. The van der Waals surface area contributed by atoms with Crippen LogP contribution in [0, 0.1) is 5.92 Å². The largest absolute Gasteiger partial charge is 0.462 e. The van der Waals surface area contributed by atoms with E-state index in [1.807, 2.05) is 0 Å². The molecule has 0 unspecified atom stereocenters. The zero-order chi connectivity index (χ0) is 12.8. The van der Waals surface area contributed by atoms with Gasteiger partial charge in [-0.3, -0.25) is 0 Å². The van der Waals surface area contributed by atoms with Crippen LogP contribution in [0.25, 0.3) is 0 Å². The van der Waals surface area contributed by atoms with E-state index in [9.17, 15) is 4.79 Å². The molecule has 0 spiro atoms. The molecule has 0 bridgehead atoms. The number of thioether (sulfide) groups is 1. The van der Waals surface area contributed by atoms with Crippen LogP contribution in [0.4, 0.5) is 0 Å². The molecule has 0 atom stereocenters. The van der Waals surface area contributed by atoms with Crippen molar-refractivity contribution in [3.63, 3.8) is 0 Å². The fourth-order valence-corrected chi connectivity index (χ4v) is 2.02. The molecular weight excluding hydrogens is 260 g/mol. The predicted octanol–water partition coefficient (Wildman–Crippen LogP) is 3.05. The second kappa shape index (κ2) is 6.81. The van der Waals surface area contributed by atoms with Crippen LogP contribution in [-0.4, -0.2) is 28.3 Å². The lowest BCUT2D eigenvalue weighted by molar-refractivity contribution is 0.0525. The predicted molar refractivity (Wildman–Crippen MR) is 68.6 cm³/mol. The zero-order valence-corrected chi connectivity index (χ0v) is 11.6. The van der Waals surface area contributed by atoms with Gasteiger partial charge < -0.3 is 4.74 Å². The maximum atomic E-state index is 11.4. The Hall–Kier alpha value is -0.810. The number of esters is 1. The summed E-state index contributed by atoms with van der Waals surface area (Å²) in [7, 11) is 0. The molecule has 0 saturated carbocycles. The van der Waals surface area contributed by atoms with E-state index in [1.54, 1.807) is 6.92 Å². The topological polar surface area (TPSA) is 52.1 Å². The van der Waals surface area contributed by atoms with Crippen molar-refractivity contribution < 1.29 is 9.53 Å². The first-order valence-electron chi connectivity index (χ1n) is 5.37. The van der Waals surface area contributed by atoms with Gasteiger partial charge in [0.2, 0.25) is 0 Å². The third-order valence-corrected chi connectivity index (χ3v) is 3.34. The van der Waals surface area contributed by atoms with E-state index in [0.29, 0.717) is 17.7 Å².